The van der Waals surface area contributed by atoms with E-state index >= 15 is 0 Å². The second kappa shape index (κ2) is 6.74. The van der Waals surface area contributed by atoms with Gasteiger partial charge in [-0.2, -0.15) is 0 Å². The Bertz CT molecular complexity index is 514. The first-order valence-corrected chi connectivity index (χ1v) is 4.98. The lowest BCUT2D eigenvalue weighted by molar-refractivity contribution is -0.384. The summed E-state index contributed by atoms with van der Waals surface area (Å²) in [6.07, 6.45) is 0.353. The van der Waals surface area contributed by atoms with Crippen LogP contribution in [0.1, 0.15) is 18.0 Å². The summed E-state index contributed by atoms with van der Waals surface area (Å²) in [5, 5.41) is 17.4. The lowest BCUT2D eigenvalue weighted by Gasteiger charge is -2.09. The zero-order valence-electron chi connectivity index (χ0n) is 9.25. The van der Waals surface area contributed by atoms with Crippen LogP contribution in [0.15, 0.2) is 34.5 Å². The topological polar surface area (TPSA) is 141 Å². The van der Waals surface area contributed by atoms with Crippen molar-refractivity contribution >= 4 is 5.69 Å². The number of nitro benzene ring substituents is 1. The van der Waals surface area contributed by atoms with Crippen LogP contribution < -0.4 is 0 Å². The van der Waals surface area contributed by atoms with Crippen LogP contribution in [0.5, 0.6) is 0 Å². The molecule has 1 aromatic carbocycles. The monoisotopic (exact) mass is 247 g/mol. The Morgan fingerprint density at radius 3 is 2.44 bits per heavy atom. The Kier molecular flexibility index (Phi) is 4.98. The summed E-state index contributed by atoms with van der Waals surface area (Å²) in [5.41, 5.74) is 17.2. The van der Waals surface area contributed by atoms with E-state index in [-0.39, 0.29) is 12.2 Å². The van der Waals surface area contributed by atoms with Crippen molar-refractivity contribution in [1.82, 2.24) is 0 Å². The van der Waals surface area contributed by atoms with Crippen LogP contribution in [-0.2, 0) is 0 Å². The summed E-state index contributed by atoms with van der Waals surface area (Å²) in [7, 11) is 0. The SMILES string of the molecule is [N-]=[N+]=NCCC(N=[N+]=[N-])c1ccc([N+](=O)[O-])cc1. The quantitative estimate of drug-likeness (QED) is 0.248. The first-order valence-electron chi connectivity index (χ1n) is 4.98. The Hall–Kier alpha value is -2.76. The lowest BCUT2D eigenvalue weighted by atomic mass is 10.0. The van der Waals surface area contributed by atoms with Gasteiger partial charge in [0.2, 0.25) is 0 Å². The second-order valence-electron chi connectivity index (χ2n) is 3.31. The molecular weight excluding hydrogens is 238 g/mol. The van der Waals surface area contributed by atoms with Crippen LogP contribution in [0.3, 0.4) is 0 Å². The van der Waals surface area contributed by atoms with Crippen LogP contribution in [0, 0.1) is 10.1 Å². The summed E-state index contributed by atoms with van der Waals surface area (Å²) in [5.74, 6) is 0. The highest BCUT2D eigenvalue weighted by Gasteiger charge is 2.11. The van der Waals surface area contributed by atoms with Crippen molar-refractivity contribution in [2.75, 3.05) is 6.54 Å². The molecule has 1 aromatic rings. The highest BCUT2D eigenvalue weighted by Crippen LogP contribution is 2.23. The summed E-state index contributed by atoms with van der Waals surface area (Å²) in [6, 6.07) is 5.22. The standard InChI is InChI=1S/C9H9N7O2/c10-14-12-6-5-9(13-15-11)7-1-3-8(4-2-7)16(17)18/h1-4,9H,5-6H2. The van der Waals surface area contributed by atoms with Crippen molar-refractivity contribution in [2.24, 2.45) is 10.2 Å². The van der Waals surface area contributed by atoms with Crippen molar-refractivity contribution in [1.29, 1.82) is 0 Å². The van der Waals surface area contributed by atoms with Gasteiger partial charge in [0.1, 0.15) is 0 Å². The highest BCUT2D eigenvalue weighted by atomic mass is 16.6. The zero-order valence-corrected chi connectivity index (χ0v) is 9.25. The molecule has 0 heterocycles. The molecule has 0 aromatic heterocycles. The predicted molar refractivity (Wildman–Crippen MR) is 63.6 cm³/mol. The maximum absolute atomic E-state index is 10.5. The molecule has 0 bridgehead atoms. The number of nitro groups is 1. The molecule has 0 amide bonds. The molecule has 1 unspecified atom stereocenters. The number of hydrogen-bond donors (Lipinski definition) is 0. The Morgan fingerprint density at radius 2 is 1.94 bits per heavy atom. The first-order chi connectivity index (χ1) is 8.69. The summed E-state index contributed by atoms with van der Waals surface area (Å²) in [6.45, 7) is 0.192. The predicted octanol–water partition coefficient (Wildman–Crippen LogP) is 3.65. The molecule has 0 fully saturated rings. The molecular formula is C9H9N7O2. The molecule has 9 heteroatoms. The number of nitrogens with zero attached hydrogens (tertiary/aromatic N) is 7. The molecule has 92 valence electrons. The number of rotatable bonds is 6. The minimum Gasteiger partial charge on any atom is -0.258 e. The van der Waals surface area contributed by atoms with Gasteiger partial charge in [-0.25, -0.2) is 0 Å². The molecule has 9 nitrogen and oxygen atoms in total. The highest BCUT2D eigenvalue weighted by molar-refractivity contribution is 5.34. The van der Waals surface area contributed by atoms with E-state index in [4.69, 9.17) is 11.1 Å². The summed E-state index contributed by atoms with van der Waals surface area (Å²) in [4.78, 5) is 15.3. The van der Waals surface area contributed by atoms with E-state index in [1.807, 2.05) is 0 Å². The molecule has 0 aliphatic carbocycles. The minimum absolute atomic E-state index is 0.0338. The fourth-order valence-corrected chi connectivity index (χ4v) is 1.40. The molecule has 0 saturated carbocycles. The van der Waals surface area contributed by atoms with Crippen LogP contribution in [-0.4, -0.2) is 11.5 Å². The Morgan fingerprint density at radius 1 is 1.28 bits per heavy atom. The van der Waals surface area contributed by atoms with E-state index in [2.05, 4.69) is 20.1 Å². The third-order valence-corrected chi connectivity index (χ3v) is 2.25. The molecule has 0 spiro atoms. The molecule has 0 radical (unpaired) electrons. The third-order valence-electron chi connectivity index (χ3n) is 2.25. The maximum atomic E-state index is 10.5. The molecule has 1 atom stereocenters. The molecule has 0 saturated heterocycles. The average molecular weight is 247 g/mol. The Balaban J connectivity index is 2.88. The summed E-state index contributed by atoms with van der Waals surface area (Å²) >= 11 is 0. The van der Waals surface area contributed by atoms with Crippen molar-refractivity contribution in [3.63, 3.8) is 0 Å². The van der Waals surface area contributed by atoms with Gasteiger partial charge in [-0.05, 0) is 23.0 Å². The number of azide groups is 2. The first kappa shape index (κ1) is 13.3. The molecule has 1 rings (SSSR count). The second-order valence-corrected chi connectivity index (χ2v) is 3.31. The number of non-ortho nitro benzene ring substituents is 1. The van der Waals surface area contributed by atoms with E-state index in [1.54, 1.807) is 0 Å². The molecule has 0 N–H and O–H groups in total. The third kappa shape index (κ3) is 3.67. The van der Waals surface area contributed by atoms with E-state index in [0.29, 0.717) is 12.0 Å². The van der Waals surface area contributed by atoms with E-state index in [9.17, 15) is 10.1 Å². The van der Waals surface area contributed by atoms with Gasteiger partial charge >= 0.3 is 0 Å². The van der Waals surface area contributed by atoms with Gasteiger partial charge < -0.3 is 0 Å². The van der Waals surface area contributed by atoms with Crippen LogP contribution in [0.4, 0.5) is 5.69 Å². The van der Waals surface area contributed by atoms with Gasteiger partial charge in [0.15, 0.2) is 0 Å². The normalized spacial score (nSPS) is 10.9. The van der Waals surface area contributed by atoms with E-state index < -0.39 is 11.0 Å². The van der Waals surface area contributed by atoms with Gasteiger partial charge in [-0.3, -0.25) is 10.1 Å². The maximum Gasteiger partial charge on any atom is 0.269 e. The van der Waals surface area contributed by atoms with Gasteiger partial charge in [0.25, 0.3) is 5.69 Å². The van der Waals surface area contributed by atoms with Crippen molar-refractivity contribution in [3.8, 4) is 0 Å². The van der Waals surface area contributed by atoms with Crippen LogP contribution >= 0.6 is 0 Å². The molecule has 18 heavy (non-hydrogen) atoms. The van der Waals surface area contributed by atoms with Crippen molar-refractivity contribution < 1.29 is 4.92 Å². The Labute approximate surface area is 101 Å². The summed E-state index contributed by atoms with van der Waals surface area (Å²) < 4.78 is 0. The van der Waals surface area contributed by atoms with Crippen LogP contribution in [0.25, 0.3) is 20.9 Å². The van der Waals surface area contributed by atoms with Gasteiger partial charge in [-0.15, -0.1) is 0 Å². The van der Waals surface area contributed by atoms with Crippen molar-refractivity contribution in [3.05, 3.63) is 60.8 Å². The van der Waals surface area contributed by atoms with Gasteiger partial charge in [0, 0.05) is 28.5 Å². The van der Waals surface area contributed by atoms with Crippen LogP contribution in [0.2, 0.25) is 0 Å². The minimum atomic E-state index is -0.508. The zero-order chi connectivity index (χ0) is 13.4. The smallest absolute Gasteiger partial charge is 0.258 e. The number of hydrogen-bond acceptors (Lipinski definition) is 4. The largest absolute Gasteiger partial charge is 0.269 e. The van der Waals surface area contributed by atoms with Gasteiger partial charge in [0.05, 0.1) is 11.0 Å². The fourth-order valence-electron chi connectivity index (χ4n) is 1.40. The van der Waals surface area contributed by atoms with Gasteiger partial charge in [-0.1, -0.05) is 22.4 Å². The van der Waals surface area contributed by atoms with E-state index in [1.165, 1.54) is 24.3 Å². The van der Waals surface area contributed by atoms with Crippen molar-refractivity contribution in [2.45, 2.75) is 12.5 Å². The lowest BCUT2D eigenvalue weighted by Crippen LogP contribution is -1.97. The fraction of sp³-hybridized carbons (Fsp3) is 0.333. The average Bonchev–Trinajstić information content (AvgIpc) is 2.38. The van der Waals surface area contributed by atoms with E-state index in [0.717, 1.165) is 0 Å². The number of benzene rings is 1. The molecule has 0 aliphatic rings. The molecule has 0 aliphatic heterocycles.